The Balaban J connectivity index is 2.36. The zero-order valence-electron chi connectivity index (χ0n) is 9.14. The minimum absolute atomic E-state index is 0.0233. The smallest absolute Gasteiger partial charge is 0.148 e. The van der Waals surface area contributed by atoms with Crippen molar-refractivity contribution >= 4 is 39.0 Å². The highest BCUT2D eigenvalue weighted by molar-refractivity contribution is 9.10. The fraction of sp³-hybridized carbons (Fsp3) is 0.0909. The van der Waals surface area contributed by atoms with E-state index >= 15 is 0 Å². The Morgan fingerprint density at radius 2 is 1.89 bits per heavy atom. The zero-order valence-corrected chi connectivity index (χ0v) is 11.5. The highest BCUT2D eigenvalue weighted by Gasteiger charge is 2.09. The minimum atomic E-state index is -0.601. The number of halogens is 4. The van der Waals surface area contributed by atoms with Crippen molar-refractivity contribution in [2.45, 2.75) is 6.92 Å². The number of nitrogens with zero attached hydrogens (tertiary/aromatic N) is 2. The molecule has 2 aromatic rings. The lowest BCUT2D eigenvalue weighted by Gasteiger charge is -2.08. The lowest BCUT2D eigenvalue weighted by atomic mass is 10.3. The monoisotopic (exact) mass is 333 g/mol. The van der Waals surface area contributed by atoms with Gasteiger partial charge in [0.15, 0.2) is 0 Å². The van der Waals surface area contributed by atoms with Crippen molar-refractivity contribution in [1.82, 2.24) is 9.97 Å². The quantitative estimate of drug-likeness (QED) is 0.660. The van der Waals surface area contributed by atoms with Crippen molar-refractivity contribution in [2.24, 2.45) is 0 Å². The van der Waals surface area contributed by atoms with E-state index in [1.807, 2.05) is 0 Å². The molecule has 2 rings (SSSR count). The number of benzene rings is 1. The predicted molar refractivity (Wildman–Crippen MR) is 69.1 cm³/mol. The van der Waals surface area contributed by atoms with Gasteiger partial charge in [0, 0.05) is 12.1 Å². The molecular formula is C11H7BrClF2N3. The van der Waals surface area contributed by atoms with E-state index in [4.69, 9.17) is 11.6 Å². The average Bonchev–Trinajstić information content (AvgIpc) is 2.24. The SMILES string of the molecule is Cc1nc(Cl)cc(Nc2cc(F)c(Br)cc2F)n1. The van der Waals surface area contributed by atoms with Gasteiger partial charge in [0.05, 0.1) is 10.2 Å². The first-order valence-corrected chi connectivity index (χ1v) is 6.05. The van der Waals surface area contributed by atoms with E-state index in [-0.39, 0.29) is 15.3 Å². The van der Waals surface area contributed by atoms with Crippen LogP contribution in [0.5, 0.6) is 0 Å². The van der Waals surface area contributed by atoms with Crippen LogP contribution >= 0.6 is 27.5 Å². The van der Waals surface area contributed by atoms with E-state index < -0.39 is 11.6 Å². The highest BCUT2D eigenvalue weighted by Crippen LogP contribution is 2.26. The molecular weight excluding hydrogens is 327 g/mol. The first-order chi connectivity index (χ1) is 8.45. The van der Waals surface area contributed by atoms with Gasteiger partial charge in [-0.2, -0.15) is 0 Å². The van der Waals surface area contributed by atoms with Gasteiger partial charge in [-0.05, 0) is 28.9 Å². The van der Waals surface area contributed by atoms with E-state index in [2.05, 4.69) is 31.2 Å². The summed E-state index contributed by atoms with van der Waals surface area (Å²) in [4.78, 5) is 7.88. The molecule has 0 radical (unpaired) electrons. The van der Waals surface area contributed by atoms with Crippen LogP contribution in [0.2, 0.25) is 5.15 Å². The Bertz CT molecular complexity index is 587. The molecule has 0 amide bonds. The second-order valence-electron chi connectivity index (χ2n) is 3.49. The van der Waals surface area contributed by atoms with Crippen molar-refractivity contribution in [2.75, 3.05) is 5.32 Å². The summed E-state index contributed by atoms with van der Waals surface area (Å²) in [5.74, 6) is -0.442. The molecule has 1 aromatic carbocycles. The molecule has 3 nitrogen and oxygen atoms in total. The predicted octanol–water partition coefficient (Wildman–Crippen LogP) is 4.22. The molecule has 0 aliphatic heterocycles. The molecule has 0 saturated carbocycles. The van der Waals surface area contributed by atoms with Crippen molar-refractivity contribution < 1.29 is 8.78 Å². The maximum atomic E-state index is 13.6. The number of aryl methyl sites for hydroxylation is 1. The van der Waals surface area contributed by atoms with E-state index in [9.17, 15) is 8.78 Å². The Hall–Kier alpha value is -1.27. The van der Waals surface area contributed by atoms with Gasteiger partial charge in [-0.3, -0.25) is 0 Å². The van der Waals surface area contributed by atoms with Gasteiger partial charge >= 0.3 is 0 Å². The number of hydrogen-bond acceptors (Lipinski definition) is 3. The number of hydrogen-bond donors (Lipinski definition) is 1. The summed E-state index contributed by atoms with van der Waals surface area (Å²) in [6, 6.07) is 3.49. The molecule has 1 N–H and O–H groups in total. The third kappa shape index (κ3) is 2.94. The van der Waals surface area contributed by atoms with Crippen molar-refractivity contribution in [3.63, 3.8) is 0 Å². The number of rotatable bonds is 2. The standard InChI is InChI=1S/C11H7BrClF2N3/c1-5-16-10(13)4-11(17-5)18-9-3-7(14)6(12)2-8(9)15/h2-4H,1H3,(H,16,17,18). The van der Waals surface area contributed by atoms with Crippen LogP contribution in [-0.4, -0.2) is 9.97 Å². The molecule has 0 aliphatic rings. The van der Waals surface area contributed by atoms with Gasteiger partial charge in [0.25, 0.3) is 0 Å². The minimum Gasteiger partial charge on any atom is -0.338 e. The molecule has 0 aliphatic carbocycles. The highest BCUT2D eigenvalue weighted by atomic mass is 79.9. The molecule has 94 valence electrons. The largest absolute Gasteiger partial charge is 0.338 e. The molecule has 7 heteroatoms. The Morgan fingerprint density at radius 3 is 2.56 bits per heavy atom. The Kier molecular flexibility index (Phi) is 3.77. The molecule has 1 heterocycles. The third-order valence-electron chi connectivity index (χ3n) is 2.08. The van der Waals surface area contributed by atoms with Crippen LogP contribution in [0.1, 0.15) is 5.82 Å². The lowest BCUT2D eigenvalue weighted by Crippen LogP contribution is -2.00. The molecule has 18 heavy (non-hydrogen) atoms. The van der Waals surface area contributed by atoms with E-state index in [1.165, 1.54) is 6.07 Å². The van der Waals surface area contributed by atoms with Crippen LogP contribution < -0.4 is 5.32 Å². The van der Waals surface area contributed by atoms with E-state index in [0.717, 1.165) is 12.1 Å². The fourth-order valence-corrected chi connectivity index (χ4v) is 1.89. The zero-order chi connectivity index (χ0) is 13.3. The van der Waals surface area contributed by atoms with E-state index in [1.54, 1.807) is 6.92 Å². The molecule has 0 spiro atoms. The topological polar surface area (TPSA) is 37.8 Å². The summed E-state index contributed by atoms with van der Waals surface area (Å²) in [5.41, 5.74) is -0.0233. The van der Waals surface area contributed by atoms with Crippen LogP contribution in [-0.2, 0) is 0 Å². The Labute approximate surface area is 115 Å². The maximum Gasteiger partial charge on any atom is 0.148 e. The first-order valence-electron chi connectivity index (χ1n) is 4.88. The second kappa shape index (κ2) is 5.16. The molecule has 0 unspecified atom stereocenters. The van der Waals surface area contributed by atoms with Gasteiger partial charge in [-0.25, -0.2) is 18.7 Å². The van der Waals surface area contributed by atoms with Crippen LogP contribution in [0.4, 0.5) is 20.3 Å². The van der Waals surface area contributed by atoms with Gasteiger partial charge in [-0.15, -0.1) is 0 Å². The second-order valence-corrected chi connectivity index (χ2v) is 4.74. The number of anilines is 2. The van der Waals surface area contributed by atoms with E-state index in [0.29, 0.717) is 11.6 Å². The summed E-state index contributed by atoms with van der Waals surface area (Å²) < 4.78 is 26.9. The summed E-state index contributed by atoms with van der Waals surface area (Å²) in [6.45, 7) is 1.65. The molecule has 0 fully saturated rings. The van der Waals surface area contributed by atoms with Gasteiger partial charge in [-0.1, -0.05) is 11.6 Å². The van der Waals surface area contributed by atoms with Gasteiger partial charge < -0.3 is 5.32 Å². The number of nitrogens with one attached hydrogen (secondary N) is 1. The van der Waals surface area contributed by atoms with Gasteiger partial charge in [0.1, 0.15) is 28.4 Å². The summed E-state index contributed by atoms with van der Waals surface area (Å²) in [5, 5.41) is 2.88. The van der Waals surface area contributed by atoms with Crippen LogP contribution in [0.15, 0.2) is 22.7 Å². The van der Waals surface area contributed by atoms with Crippen LogP contribution in [0, 0.1) is 18.6 Å². The first kappa shape index (κ1) is 13.2. The lowest BCUT2D eigenvalue weighted by molar-refractivity contribution is 0.597. The maximum absolute atomic E-state index is 13.6. The van der Waals surface area contributed by atoms with Crippen molar-refractivity contribution in [3.8, 4) is 0 Å². The van der Waals surface area contributed by atoms with Crippen LogP contribution in [0.25, 0.3) is 0 Å². The summed E-state index contributed by atoms with van der Waals surface area (Å²) >= 11 is 8.65. The fourth-order valence-electron chi connectivity index (χ4n) is 1.35. The summed E-state index contributed by atoms with van der Waals surface area (Å²) in [6.07, 6.45) is 0. The molecule has 1 aromatic heterocycles. The van der Waals surface area contributed by atoms with Gasteiger partial charge in [0.2, 0.25) is 0 Å². The normalized spacial score (nSPS) is 10.5. The van der Waals surface area contributed by atoms with Crippen LogP contribution in [0.3, 0.4) is 0 Å². The Morgan fingerprint density at radius 1 is 1.17 bits per heavy atom. The summed E-state index contributed by atoms with van der Waals surface area (Å²) in [7, 11) is 0. The van der Waals surface area contributed by atoms with Crippen molar-refractivity contribution in [1.29, 1.82) is 0 Å². The molecule has 0 atom stereocenters. The average molecular weight is 335 g/mol. The molecule has 0 bridgehead atoms. The molecule has 0 saturated heterocycles. The third-order valence-corrected chi connectivity index (χ3v) is 2.88. The van der Waals surface area contributed by atoms with Crippen molar-refractivity contribution in [3.05, 3.63) is 45.3 Å². The number of aromatic nitrogens is 2.